The zero-order chi connectivity index (χ0) is 12.5. The van der Waals surface area contributed by atoms with Crippen LogP contribution < -0.4 is 0 Å². The molecular weight excluding hydrogens is 232 g/mol. The number of methoxy groups -OCH3 is 1. The summed E-state index contributed by atoms with van der Waals surface area (Å²) in [4.78, 5) is 15.6. The zero-order valence-electron chi connectivity index (χ0n) is 9.92. The van der Waals surface area contributed by atoms with Crippen LogP contribution in [-0.2, 0) is 4.74 Å². The number of hydrogen-bond acceptors (Lipinski definition) is 5. The summed E-state index contributed by atoms with van der Waals surface area (Å²) in [5, 5.41) is 3.94. The van der Waals surface area contributed by atoms with E-state index in [0.29, 0.717) is 23.2 Å². The molecule has 0 amide bonds. The average molecular weight is 244 g/mol. The number of nitrogens with zero attached hydrogens (tertiary/aromatic N) is 2. The molecule has 5 heteroatoms. The van der Waals surface area contributed by atoms with Gasteiger partial charge in [-0.1, -0.05) is 17.3 Å². The number of aromatic nitrogens is 2. The van der Waals surface area contributed by atoms with Crippen LogP contribution in [0.4, 0.5) is 0 Å². The molecule has 0 saturated heterocycles. The standard InChI is InChI=1S/C13H12N2O3/c1-17-13(16)10-6-2-8(3-7-10)11-14-12(18-15-11)9-4-5-9/h2-3,6-7,9H,4-5H2,1H3. The SMILES string of the molecule is COC(=O)c1ccc(-c2noc(C3CC3)n2)cc1. The quantitative estimate of drug-likeness (QED) is 0.775. The molecule has 0 spiro atoms. The van der Waals surface area contributed by atoms with Crippen molar-refractivity contribution in [2.45, 2.75) is 18.8 Å². The molecule has 5 nitrogen and oxygen atoms in total. The van der Waals surface area contributed by atoms with Gasteiger partial charge in [-0.25, -0.2) is 4.79 Å². The first-order valence-electron chi connectivity index (χ1n) is 5.80. The van der Waals surface area contributed by atoms with Gasteiger partial charge in [-0.2, -0.15) is 4.98 Å². The van der Waals surface area contributed by atoms with Crippen molar-refractivity contribution in [3.63, 3.8) is 0 Å². The summed E-state index contributed by atoms with van der Waals surface area (Å²) in [5.41, 5.74) is 1.34. The van der Waals surface area contributed by atoms with Crippen molar-refractivity contribution in [2.24, 2.45) is 0 Å². The van der Waals surface area contributed by atoms with Gasteiger partial charge >= 0.3 is 5.97 Å². The fourth-order valence-corrected chi connectivity index (χ4v) is 1.72. The highest BCUT2D eigenvalue weighted by Gasteiger charge is 2.29. The van der Waals surface area contributed by atoms with Gasteiger partial charge < -0.3 is 9.26 Å². The van der Waals surface area contributed by atoms with Crippen LogP contribution in [0.5, 0.6) is 0 Å². The van der Waals surface area contributed by atoms with E-state index < -0.39 is 0 Å². The maximum Gasteiger partial charge on any atom is 0.337 e. The molecule has 2 aromatic rings. The first-order valence-corrected chi connectivity index (χ1v) is 5.80. The van der Waals surface area contributed by atoms with Gasteiger partial charge in [0, 0.05) is 11.5 Å². The van der Waals surface area contributed by atoms with Gasteiger partial charge in [0.05, 0.1) is 12.7 Å². The number of carbonyl (C=O) groups is 1. The second-order valence-corrected chi connectivity index (χ2v) is 4.30. The third-order valence-electron chi connectivity index (χ3n) is 2.93. The monoisotopic (exact) mass is 244 g/mol. The molecule has 0 unspecified atom stereocenters. The van der Waals surface area contributed by atoms with Gasteiger partial charge in [0.1, 0.15) is 0 Å². The topological polar surface area (TPSA) is 65.2 Å². The van der Waals surface area contributed by atoms with Crippen LogP contribution in [0.25, 0.3) is 11.4 Å². The summed E-state index contributed by atoms with van der Waals surface area (Å²) in [6, 6.07) is 6.95. The molecule has 0 atom stereocenters. The molecule has 1 aliphatic carbocycles. The summed E-state index contributed by atoms with van der Waals surface area (Å²) < 4.78 is 9.83. The van der Waals surface area contributed by atoms with E-state index >= 15 is 0 Å². The molecule has 0 N–H and O–H groups in total. The van der Waals surface area contributed by atoms with Gasteiger partial charge in [0.15, 0.2) is 0 Å². The Balaban J connectivity index is 1.84. The van der Waals surface area contributed by atoms with Gasteiger partial charge in [-0.05, 0) is 25.0 Å². The van der Waals surface area contributed by atoms with Crippen LogP contribution in [0.2, 0.25) is 0 Å². The number of ether oxygens (including phenoxy) is 1. The third kappa shape index (κ3) is 1.99. The number of esters is 1. The lowest BCUT2D eigenvalue weighted by Gasteiger charge is -1.99. The fourth-order valence-electron chi connectivity index (χ4n) is 1.72. The van der Waals surface area contributed by atoms with Crippen molar-refractivity contribution in [3.05, 3.63) is 35.7 Å². The Kier molecular flexibility index (Phi) is 2.59. The van der Waals surface area contributed by atoms with Crippen LogP contribution in [-0.4, -0.2) is 23.2 Å². The summed E-state index contributed by atoms with van der Waals surface area (Å²) in [6.07, 6.45) is 2.26. The van der Waals surface area contributed by atoms with Gasteiger partial charge in [0.2, 0.25) is 11.7 Å². The molecule has 92 valence electrons. The van der Waals surface area contributed by atoms with Crippen LogP contribution in [0.3, 0.4) is 0 Å². The van der Waals surface area contributed by atoms with Gasteiger partial charge in [-0.15, -0.1) is 0 Å². The molecule has 0 aliphatic heterocycles. The molecule has 1 aliphatic rings. The minimum Gasteiger partial charge on any atom is -0.465 e. The minimum absolute atomic E-state index is 0.353. The zero-order valence-corrected chi connectivity index (χ0v) is 9.92. The predicted molar refractivity (Wildman–Crippen MR) is 63.0 cm³/mol. The Bertz CT molecular complexity index is 570. The lowest BCUT2D eigenvalue weighted by Crippen LogP contribution is -2.00. The van der Waals surface area contributed by atoms with Crippen molar-refractivity contribution in [2.75, 3.05) is 7.11 Å². The summed E-state index contributed by atoms with van der Waals surface area (Å²) in [7, 11) is 1.36. The number of hydrogen-bond donors (Lipinski definition) is 0. The molecule has 1 heterocycles. The molecular formula is C13H12N2O3. The van der Waals surface area contributed by atoms with Crippen LogP contribution in [0.15, 0.2) is 28.8 Å². The van der Waals surface area contributed by atoms with Crippen molar-refractivity contribution in [1.82, 2.24) is 10.1 Å². The van der Waals surface area contributed by atoms with E-state index in [1.54, 1.807) is 24.3 Å². The van der Waals surface area contributed by atoms with E-state index in [-0.39, 0.29) is 5.97 Å². The molecule has 1 aromatic carbocycles. The minimum atomic E-state index is -0.353. The summed E-state index contributed by atoms with van der Waals surface area (Å²) in [5.74, 6) is 1.37. The smallest absolute Gasteiger partial charge is 0.337 e. The molecule has 3 rings (SSSR count). The predicted octanol–water partition coefficient (Wildman–Crippen LogP) is 2.40. The highest BCUT2D eigenvalue weighted by molar-refractivity contribution is 5.89. The number of rotatable bonds is 3. The largest absolute Gasteiger partial charge is 0.465 e. The van der Waals surface area contributed by atoms with Gasteiger partial charge in [-0.3, -0.25) is 0 Å². The number of carbonyl (C=O) groups excluding carboxylic acids is 1. The Labute approximate surface area is 104 Å². The molecule has 1 saturated carbocycles. The first-order chi connectivity index (χ1) is 8.78. The second-order valence-electron chi connectivity index (χ2n) is 4.30. The Hall–Kier alpha value is -2.17. The van der Waals surface area contributed by atoms with E-state index in [1.165, 1.54) is 7.11 Å². The van der Waals surface area contributed by atoms with Crippen LogP contribution in [0, 0.1) is 0 Å². The van der Waals surface area contributed by atoms with Crippen molar-refractivity contribution >= 4 is 5.97 Å². The molecule has 0 radical (unpaired) electrons. The van der Waals surface area contributed by atoms with Gasteiger partial charge in [0.25, 0.3) is 0 Å². The van der Waals surface area contributed by atoms with E-state index in [9.17, 15) is 4.79 Å². The van der Waals surface area contributed by atoms with Crippen molar-refractivity contribution in [1.29, 1.82) is 0 Å². The normalized spacial score (nSPS) is 14.5. The Morgan fingerprint density at radius 1 is 1.33 bits per heavy atom. The van der Waals surface area contributed by atoms with Crippen LogP contribution >= 0.6 is 0 Å². The van der Waals surface area contributed by atoms with E-state index in [0.717, 1.165) is 18.4 Å². The third-order valence-corrected chi connectivity index (χ3v) is 2.93. The maximum atomic E-state index is 11.3. The number of benzene rings is 1. The van der Waals surface area contributed by atoms with E-state index in [4.69, 9.17) is 4.52 Å². The second kappa shape index (κ2) is 4.25. The maximum absolute atomic E-state index is 11.3. The fraction of sp³-hybridized carbons (Fsp3) is 0.308. The lowest BCUT2D eigenvalue weighted by molar-refractivity contribution is 0.0601. The molecule has 0 bridgehead atoms. The Morgan fingerprint density at radius 3 is 2.67 bits per heavy atom. The lowest BCUT2D eigenvalue weighted by atomic mass is 10.1. The highest BCUT2D eigenvalue weighted by atomic mass is 16.5. The highest BCUT2D eigenvalue weighted by Crippen LogP contribution is 2.39. The molecule has 1 aromatic heterocycles. The van der Waals surface area contributed by atoms with E-state index in [2.05, 4.69) is 14.9 Å². The summed E-state index contributed by atoms with van der Waals surface area (Å²) >= 11 is 0. The Morgan fingerprint density at radius 2 is 2.06 bits per heavy atom. The molecule has 1 fully saturated rings. The molecule has 18 heavy (non-hydrogen) atoms. The van der Waals surface area contributed by atoms with Crippen molar-refractivity contribution in [3.8, 4) is 11.4 Å². The van der Waals surface area contributed by atoms with Crippen LogP contribution in [0.1, 0.15) is 35.0 Å². The summed E-state index contributed by atoms with van der Waals surface area (Å²) in [6.45, 7) is 0. The van der Waals surface area contributed by atoms with E-state index in [1.807, 2.05) is 0 Å². The van der Waals surface area contributed by atoms with Crippen molar-refractivity contribution < 1.29 is 14.1 Å². The first kappa shape index (κ1) is 11.0. The average Bonchev–Trinajstić information content (AvgIpc) is 3.16.